The predicted molar refractivity (Wildman–Crippen MR) is 56.5 cm³/mol. The van der Waals surface area contributed by atoms with E-state index < -0.39 is 17.2 Å². The van der Waals surface area contributed by atoms with Crippen molar-refractivity contribution in [2.24, 2.45) is 0 Å². The smallest absolute Gasteiger partial charge is 0.156 e. The Kier molecular flexibility index (Phi) is 2.75. The third-order valence-corrected chi connectivity index (χ3v) is 2.67. The number of benzene rings is 1. The molecule has 0 unspecified atom stereocenters. The molecule has 0 aliphatic carbocycles. The molecule has 0 fully saturated rings. The van der Waals surface area contributed by atoms with Gasteiger partial charge in [0, 0.05) is 4.47 Å². The molecule has 1 aromatic carbocycles. The van der Waals surface area contributed by atoms with Crippen molar-refractivity contribution >= 4 is 15.9 Å². The van der Waals surface area contributed by atoms with E-state index in [1.54, 1.807) is 6.07 Å². The van der Waals surface area contributed by atoms with Gasteiger partial charge in [0.25, 0.3) is 0 Å². The molecule has 2 aromatic rings. The summed E-state index contributed by atoms with van der Waals surface area (Å²) in [6, 6.07) is 5.63. The fourth-order valence-electron chi connectivity index (χ4n) is 1.34. The van der Waals surface area contributed by atoms with Gasteiger partial charge in [0.15, 0.2) is 5.82 Å². The number of nitrogens with zero attached hydrogens (tertiary/aromatic N) is 1. The standard InChI is InChI=1S/C11H4BrF2NO/c12-7-4-8(13)6(5-15)11(14)10(7)9-2-1-3-16-9/h1-4H. The van der Waals surface area contributed by atoms with Crippen LogP contribution in [0.1, 0.15) is 5.56 Å². The van der Waals surface area contributed by atoms with Crippen molar-refractivity contribution in [1.29, 1.82) is 5.26 Å². The molecule has 80 valence electrons. The van der Waals surface area contributed by atoms with Gasteiger partial charge in [0.05, 0.1) is 11.8 Å². The molecule has 0 N–H and O–H groups in total. The molecule has 1 aromatic heterocycles. The van der Waals surface area contributed by atoms with Crippen molar-refractivity contribution in [3.05, 3.63) is 46.1 Å². The Morgan fingerprint density at radius 1 is 1.38 bits per heavy atom. The lowest BCUT2D eigenvalue weighted by Gasteiger charge is -2.05. The summed E-state index contributed by atoms with van der Waals surface area (Å²) in [4.78, 5) is 0. The van der Waals surface area contributed by atoms with Gasteiger partial charge >= 0.3 is 0 Å². The zero-order valence-electron chi connectivity index (χ0n) is 7.80. The van der Waals surface area contributed by atoms with Crippen molar-refractivity contribution in [3.63, 3.8) is 0 Å². The van der Waals surface area contributed by atoms with Crippen molar-refractivity contribution in [2.45, 2.75) is 0 Å². The van der Waals surface area contributed by atoms with Gasteiger partial charge in [0.2, 0.25) is 0 Å². The van der Waals surface area contributed by atoms with Crippen LogP contribution in [0.15, 0.2) is 33.4 Å². The van der Waals surface area contributed by atoms with Crippen molar-refractivity contribution in [3.8, 4) is 17.4 Å². The lowest BCUT2D eigenvalue weighted by Crippen LogP contribution is -1.95. The fraction of sp³-hybridized carbons (Fsp3) is 0. The van der Waals surface area contributed by atoms with Gasteiger partial charge in [-0.05, 0) is 34.1 Å². The van der Waals surface area contributed by atoms with Crippen LogP contribution >= 0.6 is 15.9 Å². The van der Waals surface area contributed by atoms with E-state index in [0.717, 1.165) is 6.07 Å². The van der Waals surface area contributed by atoms with Crippen LogP contribution in [0.3, 0.4) is 0 Å². The minimum absolute atomic E-state index is 0.0444. The van der Waals surface area contributed by atoms with E-state index in [4.69, 9.17) is 9.68 Å². The Hall–Kier alpha value is -1.67. The number of rotatable bonds is 1. The molecule has 5 heteroatoms. The lowest BCUT2D eigenvalue weighted by atomic mass is 10.1. The highest BCUT2D eigenvalue weighted by atomic mass is 79.9. The Balaban J connectivity index is 2.77. The number of nitriles is 1. The first kappa shape index (κ1) is 10.8. The van der Waals surface area contributed by atoms with Crippen LogP contribution in [0.2, 0.25) is 0 Å². The maximum absolute atomic E-state index is 13.8. The molecule has 0 bridgehead atoms. The Morgan fingerprint density at radius 2 is 2.12 bits per heavy atom. The summed E-state index contributed by atoms with van der Waals surface area (Å²) in [5.74, 6) is -1.59. The maximum atomic E-state index is 13.8. The van der Waals surface area contributed by atoms with E-state index in [-0.39, 0.29) is 15.8 Å². The van der Waals surface area contributed by atoms with Crippen LogP contribution in [0.4, 0.5) is 8.78 Å². The second-order valence-corrected chi connectivity index (χ2v) is 3.85. The van der Waals surface area contributed by atoms with Crippen LogP contribution in [-0.2, 0) is 0 Å². The van der Waals surface area contributed by atoms with Crippen molar-refractivity contribution < 1.29 is 13.2 Å². The van der Waals surface area contributed by atoms with Gasteiger partial charge in [-0.2, -0.15) is 5.26 Å². The van der Waals surface area contributed by atoms with Crippen molar-refractivity contribution in [1.82, 2.24) is 0 Å². The molecular formula is C11H4BrF2NO. The monoisotopic (exact) mass is 283 g/mol. The molecule has 2 nitrogen and oxygen atoms in total. The highest BCUT2D eigenvalue weighted by Crippen LogP contribution is 2.34. The second kappa shape index (κ2) is 4.06. The van der Waals surface area contributed by atoms with E-state index in [0.29, 0.717) is 0 Å². The van der Waals surface area contributed by atoms with E-state index in [2.05, 4.69) is 15.9 Å². The summed E-state index contributed by atoms with van der Waals surface area (Å²) in [5, 5.41) is 8.64. The van der Waals surface area contributed by atoms with Crippen LogP contribution in [0, 0.1) is 23.0 Å². The van der Waals surface area contributed by atoms with Gasteiger partial charge in [-0.25, -0.2) is 8.78 Å². The average Bonchev–Trinajstić information content (AvgIpc) is 2.70. The first-order valence-corrected chi connectivity index (χ1v) is 5.06. The third kappa shape index (κ3) is 1.61. The van der Waals surface area contributed by atoms with E-state index >= 15 is 0 Å². The normalized spacial score (nSPS) is 10.1. The number of hydrogen-bond donors (Lipinski definition) is 0. The lowest BCUT2D eigenvalue weighted by molar-refractivity contribution is 0.555. The van der Waals surface area contributed by atoms with E-state index in [1.807, 2.05) is 0 Å². The average molecular weight is 284 g/mol. The minimum Gasteiger partial charge on any atom is -0.464 e. The molecule has 16 heavy (non-hydrogen) atoms. The van der Waals surface area contributed by atoms with E-state index in [9.17, 15) is 8.78 Å². The van der Waals surface area contributed by atoms with Crippen molar-refractivity contribution in [2.75, 3.05) is 0 Å². The van der Waals surface area contributed by atoms with Crippen LogP contribution in [0.5, 0.6) is 0 Å². The van der Waals surface area contributed by atoms with Gasteiger partial charge < -0.3 is 4.42 Å². The van der Waals surface area contributed by atoms with Gasteiger partial charge in [0.1, 0.15) is 23.2 Å². The molecule has 0 spiro atoms. The molecule has 0 aliphatic rings. The molecule has 1 heterocycles. The molecule has 2 rings (SSSR count). The number of furan rings is 1. The summed E-state index contributed by atoms with van der Waals surface area (Å²) in [5.41, 5.74) is -0.572. The Bertz CT molecular complexity index is 573. The topological polar surface area (TPSA) is 36.9 Å². The maximum Gasteiger partial charge on any atom is 0.156 e. The first-order chi connectivity index (χ1) is 7.65. The Morgan fingerprint density at radius 3 is 2.69 bits per heavy atom. The zero-order chi connectivity index (χ0) is 11.7. The molecule has 0 saturated heterocycles. The van der Waals surface area contributed by atoms with Gasteiger partial charge in [-0.1, -0.05) is 0 Å². The number of halogens is 3. The van der Waals surface area contributed by atoms with Crippen LogP contribution in [-0.4, -0.2) is 0 Å². The van der Waals surface area contributed by atoms with Crippen LogP contribution < -0.4 is 0 Å². The van der Waals surface area contributed by atoms with Gasteiger partial charge in [-0.3, -0.25) is 0 Å². The molecular weight excluding hydrogens is 280 g/mol. The molecule has 0 saturated carbocycles. The molecule has 0 atom stereocenters. The second-order valence-electron chi connectivity index (χ2n) is 2.99. The SMILES string of the molecule is N#Cc1c(F)cc(Br)c(-c2ccco2)c1F. The molecule has 0 aliphatic heterocycles. The quantitative estimate of drug-likeness (QED) is 0.797. The minimum atomic E-state index is -0.927. The van der Waals surface area contributed by atoms with E-state index in [1.165, 1.54) is 18.4 Å². The Labute approximate surface area is 98.2 Å². The summed E-state index contributed by atoms with van der Waals surface area (Å²) in [6.07, 6.45) is 1.37. The molecule has 0 radical (unpaired) electrons. The van der Waals surface area contributed by atoms with Crippen LogP contribution in [0.25, 0.3) is 11.3 Å². The largest absolute Gasteiger partial charge is 0.464 e. The summed E-state index contributed by atoms with van der Waals surface area (Å²) < 4.78 is 32.2. The fourth-order valence-corrected chi connectivity index (χ4v) is 1.91. The first-order valence-electron chi connectivity index (χ1n) is 4.26. The number of hydrogen-bond acceptors (Lipinski definition) is 2. The highest BCUT2D eigenvalue weighted by Gasteiger charge is 2.20. The summed E-state index contributed by atoms with van der Waals surface area (Å²) in [6.45, 7) is 0. The predicted octanol–water partition coefficient (Wildman–Crippen LogP) is 3.86. The summed E-state index contributed by atoms with van der Waals surface area (Å²) in [7, 11) is 0. The zero-order valence-corrected chi connectivity index (χ0v) is 9.38. The summed E-state index contributed by atoms with van der Waals surface area (Å²) >= 11 is 3.03. The molecule has 0 amide bonds. The third-order valence-electron chi connectivity index (χ3n) is 2.05. The van der Waals surface area contributed by atoms with Gasteiger partial charge in [-0.15, -0.1) is 0 Å². The highest BCUT2D eigenvalue weighted by molar-refractivity contribution is 9.10.